The van der Waals surface area contributed by atoms with Gasteiger partial charge in [-0.2, -0.15) is 35.1 Å². The van der Waals surface area contributed by atoms with Crippen molar-refractivity contribution < 1.29 is 54.2 Å². The number of hydrogen-bond acceptors (Lipinski definition) is 3. The Morgan fingerprint density at radius 2 is 1.30 bits per heavy atom. The van der Waals surface area contributed by atoms with Crippen LogP contribution in [-0.2, 0) is 9.53 Å². The molecule has 2 saturated carbocycles. The molecule has 0 aromatic heterocycles. The summed E-state index contributed by atoms with van der Waals surface area (Å²) in [7, 11) is 0. The van der Waals surface area contributed by atoms with E-state index in [-0.39, 0.29) is 6.92 Å². The number of carbonyl (C=O) groups is 1. The van der Waals surface area contributed by atoms with E-state index >= 15 is 0 Å². The predicted octanol–water partition coefficient (Wildman–Crippen LogP) is 4.27. The molecule has 0 spiro atoms. The number of ether oxygens (including phenoxy) is 1. The van der Waals surface area contributed by atoms with Crippen LogP contribution in [0.3, 0.4) is 0 Å². The van der Waals surface area contributed by atoms with Crippen LogP contribution in [0.1, 0.15) is 45.4 Å². The molecule has 0 saturated heterocycles. The molecule has 0 amide bonds. The average molecular weight is 416 g/mol. The third-order valence-electron chi connectivity index (χ3n) is 5.03. The Kier molecular flexibility index (Phi) is 5.03. The molecule has 1 atom stereocenters. The zero-order valence-electron chi connectivity index (χ0n) is 14.0. The fourth-order valence-corrected chi connectivity index (χ4v) is 3.32. The topological polar surface area (TPSA) is 46.5 Å². The second-order valence-corrected chi connectivity index (χ2v) is 7.21. The maximum Gasteiger partial charge on any atom is 0.381 e. The zero-order valence-corrected chi connectivity index (χ0v) is 14.0. The van der Waals surface area contributed by atoms with Gasteiger partial charge >= 0.3 is 29.7 Å². The zero-order chi connectivity index (χ0) is 21.1. The molecule has 2 fully saturated rings. The van der Waals surface area contributed by atoms with Gasteiger partial charge in [-0.1, -0.05) is 6.42 Å². The van der Waals surface area contributed by atoms with Crippen molar-refractivity contribution in [2.45, 2.75) is 86.5 Å². The van der Waals surface area contributed by atoms with Crippen LogP contribution in [0.15, 0.2) is 0 Å². The highest BCUT2D eigenvalue weighted by Crippen LogP contribution is 2.70. The van der Waals surface area contributed by atoms with Crippen LogP contribution in [-0.4, -0.2) is 52.1 Å². The van der Waals surface area contributed by atoms with Crippen molar-refractivity contribution in [1.29, 1.82) is 0 Å². The quantitative estimate of drug-likeness (QED) is 0.550. The molecule has 2 aliphatic rings. The molecule has 1 unspecified atom stereocenters. The minimum absolute atomic E-state index is 0.264. The van der Waals surface area contributed by atoms with Crippen LogP contribution in [0.5, 0.6) is 0 Å². The van der Waals surface area contributed by atoms with Crippen molar-refractivity contribution in [3.63, 3.8) is 0 Å². The largest absolute Gasteiger partial charge is 0.460 e. The molecule has 1 N–H and O–H groups in total. The van der Waals surface area contributed by atoms with E-state index in [1.807, 2.05) is 0 Å². The summed E-state index contributed by atoms with van der Waals surface area (Å²) in [4.78, 5) is 11.9. The van der Waals surface area contributed by atoms with Crippen molar-refractivity contribution in [2.75, 3.05) is 0 Å². The van der Waals surface area contributed by atoms with Crippen molar-refractivity contribution in [2.24, 2.45) is 0 Å². The molecule has 3 nitrogen and oxygen atoms in total. The summed E-state index contributed by atoms with van der Waals surface area (Å²) in [6.45, 7) is 0.264. The Bertz CT molecular complexity index is 571. The van der Waals surface area contributed by atoms with Gasteiger partial charge in [-0.15, -0.1) is 0 Å². The smallest absolute Gasteiger partial charge is 0.381 e. The third-order valence-corrected chi connectivity index (χ3v) is 5.03. The molecule has 0 heterocycles. The van der Waals surface area contributed by atoms with Crippen LogP contribution in [0.2, 0.25) is 0 Å². The Labute approximate surface area is 147 Å². The average Bonchev–Trinajstić information content (AvgIpc) is 2.58. The number of esters is 1. The highest BCUT2D eigenvalue weighted by atomic mass is 19.4. The second-order valence-electron chi connectivity index (χ2n) is 7.21. The lowest BCUT2D eigenvalue weighted by atomic mass is 9.84. The first-order valence-electron chi connectivity index (χ1n) is 8.09. The molecule has 0 aliphatic heterocycles. The van der Waals surface area contributed by atoms with Gasteiger partial charge in [0.2, 0.25) is 0 Å². The first-order valence-corrected chi connectivity index (χ1v) is 8.09. The summed E-state index contributed by atoms with van der Waals surface area (Å²) in [6.07, 6.45) is -0.947. The highest BCUT2D eigenvalue weighted by Gasteiger charge is 3.00. The lowest BCUT2D eigenvalue weighted by molar-refractivity contribution is -0.303. The molecule has 0 aromatic rings. The number of rotatable bonds is 4. The normalized spacial score (nSPS) is 30.5. The van der Waals surface area contributed by atoms with Crippen molar-refractivity contribution >= 4 is 5.97 Å². The maximum absolute atomic E-state index is 14.5. The molecule has 12 heteroatoms. The van der Waals surface area contributed by atoms with Gasteiger partial charge in [0.15, 0.2) is 5.60 Å². The van der Waals surface area contributed by atoms with E-state index in [0.29, 0.717) is 25.7 Å². The third kappa shape index (κ3) is 2.80. The lowest BCUT2D eigenvalue weighted by Crippen LogP contribution is -2.59. The number of aliphatic hydroxyl groups is 1. The fraction of sp³-hybridized carbons (Fsp3) is 0.933. The second kappa shape index (κ2) is 6.15. The Hall–Kier alpha value is -1.20. The number of alkyl halides is 9. The standard InChI is InChI=1S/C15H17F9O3/c1-10(26,9(25)27-8-5-3-2-4-6-8)7-11(16)12(17,18)14(21,22)15(23,24)13(11,19)20/h8,26H,2-7H2,1H3. The molecule has 0 aromatic carbocycles. The number of hydrogen-bond donors (Lipinski definition) is 1. The molecule has 2 rings (SSSR count). The monoisotopic (exact) mass is 416 g/mol. The summed E-state index contributed by atoms with van der Waals surface area (Å²) < 4.78 is 127. The van der Waals surface area contributed by atoms with Gasteiger partial charge in [-0.05, 0) is 32.6 Å². The SMILES string of the molecule is CC(O)(CC1(F)C(F)(F)C(F)(F)C(F)(F)C1(F)F)C(=O)OC1CCCCC1. The minimum atomic E-state index is -6.75. The van der Waals surface area contributed by atoms with E-state index in [1.165, 1.54) is 0 Å². The Morgan fingerprint density at radius 3 is 1.70 bits per heavy atom. The van der Waals surface area contributed by atoms with Gasteiger partial charge in [0.25, 0.3) is 5.67 Å². The first-order chi connectivity index (χ1) is 12.0. The van der Waals surface area contributed by atoms with Gasteiger partial charge in [-0.3, -0.25) is 0 Å². The summed E-state index contributed by atoms with van der Waals surface area (Å²) >= 11 is 0. The van der Waals surface area contributed by atoms with Crippen molar-refractivity contribution in [1.82, 2.24) is 0 Å². The number of carbonyl (C=O) groups excluding carboxylic acids is 1. The molecule has 27 heavy (non-hydrogen) atoms. The molecule has 0 bridgehead atoms. The Morgan fingerprint density at radius 1 is 0.889 bits per heavy atom. The van der Waals surface area contributed by atoms with E-state index in [4.69, 9.17) is 4.74 Å². The number of halogens is 9. The van der Waals surface area contributed by atoms with Gasteiger partial charge < -0.3 is 9.84 Å². The molecule has 158 valence electrons. The summed E-state index contributed by atoms with van der Waals surface area (Å²) in [5.74, 6) is -28.5. The lowest BCUT2D eigenvalue weighted by Gasteiger charge is -2.36. The van der Waals surface area contributed by atoms with Crippen LogP contribution in [0.25, 0.3) is 0 Å². The molecular weight excluding hydrogens is 399 g/mol. The van der Waals surface area contributed by atoms with Crippen LogP contribution in [0, 0.1) is 0 Å². The summed E-state index contributed by atoms with van der Waals surface area (Å²) in [5, 5.41) is 9.87. The van der Waals surface area contributed by atoms with Crippen molar-refractivity contribution in [3.8, 4) is 0 Å². The van der Waals surface area contributed by atoms with E-state index in [2.05, 4.69) is 0 Å². The van der Waals surface area contributed by atoms with Gasteiger partial charge in [0.1, 0.15) is 6.10 Å². The van der Waals surface area contributed by atoms with E-state index < -0.39 is 53.5 Å². The molecule has 2 aliphatic carbocycles. The van der Waals surface area contributed by atoms with Gasteiger partial charge in [-0.25, -0.2) is 9.18 Å². The molecular formula is C15H17F9O3. The predicted molar refractivity (Wildman–Crippen MR) is 71.8 cm³/mol. The van der Waals surface area contributed by atoms with E-state index in [9.17, 15) is 49.4 Å². The van der Waals surface area contributed by atoms with E-state index in [0.717, 1.165) is 6.42 Å². The highest BCUT2D eigenvalue weighted by molar-refractivity contribution is 5.79. The Balaban J connectivity index is 2.33. The van der Waals surface area contributed by atoms with Crippen LogP contribution >= 0.6 is 0 Å². The van der Waals surface area contributed by atoms with Gasteiger partial charge in [0, 0.05) is 6.42 Å². The molecule has 0 radical (unpaired) electrons. The summed E-state index contributed by atoms with van der Waals surface area (Å²) in [6, 6.07) is 0. The fourth-order valence-electron chi connectivity index (χ4n) is 3.32. The van der Waals surface area contributed by atoms with E-state index in [1.54, 1.807) is 0 Å². The maximum atomic E-state index is 14.5. The van der Waals surface area contributed by atoms with Crippen LogP contribution < -0.4 is 0 Å². The first kappa shape index (κ1) is 22.1. The van der Waals surface area contributed by atoms with Gasteiger partial charge in [0.05, 0.1) is 0 Å². The van der Waals surface area contributed by atoms with Crippen LogP contribution in [0.4, 0.5) is 39.5 Å². The minimum Gasteiger partial charge on any atom is -0.460 e. The summed E-state index contributed by atoms with van der Waals surface area (Å²) in [5.41, 5.74) is -9.38. The van der Waals surface area contributed by atoms with Crippen molar-refractivity contribution in [3.05, 3.63) is 0 Å².